The predicted octanol–water partition coefficient (Wildman–Crippen LogP) is 1.98. The summed E-state index contributed by atoms with van der Waals surface area (Å²) in [5.74, 6) is -0.515. The highest BCUT2D eigenvalue weighted by Crippen LogP contribution is 2.30. The Balaban J connectivity index is 2.99. The maximum absolute atomic E-state index is 11.7. The van der Waals surface area contributed by atoms with E-state index in [0.29, 0.717) is 19.5 Å². The number of nitro benzene ring substituents is 1. The highest BCUT2D eigenvalue weighted by Gasteiger charge is 2.18. The van der Waals surface area contributed by atoms with Gasteiger partial charge in [0.05, 0.1) is 20.5 Å². The number of nitrogens with one attached hydrogen (secondary N) is 1. The van der Waals surface area contributed by atoms with Gasteiger partial charge < -0.3 is 11.1 Å². The summed E-state index contributed by atoms with van der Waals surface area (Å²) in [4.78, 5) is 21.8. The van der Waals surface area contributed by atoms with Crippen molar-refractivity contribution in [3.05, 3.63) is 37.9 Å². The molecule has 98 valence electrons. The number of amides is 1. The van der Waals surface area contributed by atoms with Gasteiger partial charge in [-0.2, -0.15) is 0 Å². The second-order valence-electron chi connectivity index (χ2n) is 3.44. The van der Waals surface area contributed by atoms with Gasteiger partial charge in [-0.3, -0.25) is 14.9 Å². The van der Waals surface area contributed by atoms with Crippen molar-refractivity contribution in [2.24, 2.45) is 5.73 Å². The van der Waals surface area contributed by atoms with Crippen molar-refractivity contribution in [1.82, 2.24) is 5.32 Å². The van der Waals surface area contributed by atoms with Gasteiger partial charge in [0, 0.05) is 18.7 Å². The molecule has 8 heteroatoms. The molecule has 0 aliphatic rings. The Morgan fingerprint density at radius 3 is 2.67 bits per heavy atom. The Kier molecular flexibility index (Phi) is 5.33. The molecule has 1 aromatic rings. The van der Waals surface area contributed by atoms with Crippen molar-refractivity contribution in [2.75, 3.05) is 13.1 Å². The predicted molar refractivity (Wildman–Crippen MR) is 69.1 cm³/mol. The smallest absolute Gasteiger partial charge is 0.271 e. The van der Waals surface area contributed by atoms with Crippen molar-refractivity contribution >= 4 is 34.8 Å². The zero-order chi connectivity index (χ0) is 13.7. The van der Waals surface area contributed by atoms with Gasteiger partial charge in [-0.15, -0.1) is 0 Å². The fraction of sp³-hybridized carbons (Fsp3) is 0.300. The van der Waals surface area contributed by atoms with Crippen LogP contribution in [0.4, 0.5) is 5.69 Å². The van der Waals surface area contributed by atoms with Gasteiger partial charge in [0.1, 0.15) is 0 Å². The summed E-state index contributed by atoms with van der Waals surface area (Å²) in [6.45, 7) is 0.801. The van der Waals surface area contributed by atoms with E-state index in [1.807, 2.05) is 0 Å². The minimum absolute atomic E-state index is 0.00693. The van der Waals surface area contributed by atoms with E-state index >= 15 is 0 Å². The van der Waals surface area contributed by atoms with Crippen LogP contribution >= 0.6 is 23.2 Å². The molecule has 0 aromatic heterocycles. The lowest BCUT2D eigenvalue weighted by atomic mass is 10.2. The van der Waals surface area contributed by atoms with Gasteiger partial charge in [-0.05, 0) is 13.0 Å². The summed E-state index contributed by atoms with van der Waals surface area (Å²) in [5, 5.41) is 13.2. The lowest BCUT2D eigenvalue weighted by molar-refractivity contribution is -0.384. The summed E-state index contributed by atoms with van der Waals surface area (Å²) in [6.07, 6.45) is 0.603. The van der Waals surface area contributed by atoms with Crippen LogP contribution in [-0.2, 0) is 0 Å². The van der Waals surface area contributed by atoms with Crippen LogP contribution in [0, 0.1) is 10.1 Å². The van der Waals surface area contributed by atoms with Crippen LogP contribution in [0.2, 0.25) is 10.0 Å². The molecule has 0 unspecified atom stereocenters. The quantitative estimate of drug-likeness (QED) is 0.492. The van der Waals surface area contributed by atoms with Gasteiger partial charge in [0.2, 0.25) is 0 Å². The van der Waals surface area contributed by atoms with E-state index in [2.05, 4.69) is 5.32 Å². The van der Waals surface area contributed by atoms with Gasteiger partial charge in [0.15, 0.2) is 0 Å². The number of benzene rings is 1. The standard InChI is InChI=1S/C10H11Cl2N3O3/c11-8-5-6(15(17)18)4-7(9(8)12)10(16)14-3-1-2-13/h4-5H,1-3,13H2,(H,14,16). The lowest BCUT2D eigenvalue weighted by Crippen LogP contribution is -2.26. The molecule has 0 heterocycles. The molecule has 18 heavy (non-hydrogen) atoms. The number of hydrogen-bond acceptors (Lipinski definition) is 4. The first-order valence-electron chi connectivity index (χ1n) is 5.09. The zero-order valence-electron chi connectivity index (χ0n) is 9.28. The Hall–Kier alpha value is -1.37. The number of carbonyl (C=O) groups excluding carboxylic acids is 1. The molecular formula is C10H11Cl2N3O3. The van der Waals surface area contributed by atoms with Crippen molar-refractivity contribution < 1.29 is 9.72 Å². The van der Waals surface area contributed by atoms with Gasteiger partial charge in [-0.1, -0.05) is 23.2 Å². The van der Waals surface area contributed by atoms with E-state index in [-0.39, 0.29) is 21.3 Å². The summed E-state index contributed by atoms with van der Waals surface area (Å²) in [6, 6.07) is 2.19. The summed E-state index contributed by atoms with van der Waals surface area (Å²) < 4.78 is 0. The summed E-state index contributed by atoms with van der Waals surface area (Å²) in [7, 11) is 0. The molecule has 0 aliphatic carbocycles. The number of non-ortho nitro benzene ring substituents is 1. The second-order valence-corrected chi connectivity index (χ2v) is 4.23. The highest BCUT2D eigenvalue weighted by atomic mass is 35.5. The number of nitrogens with two attached hydrogens (primary N) is 1. The maximum Gasteiger partial charge on any atom is 0.271 e. The zero-order valence-corrected chi connectivity index (χ0v) is 10.8. The number of rotatable bonds is 5. The van der Waals surface area contributed by atoms with E-state index in [0.717, 1.165) is 12.1 Å². The number of hydrogen-bond donors (Lipinski definition) is 2. The van der Waals surface area contributed by atoms with E-state index in [4.69, 9.17) is 28.9 Å². The number of nitro groups is 1. The van der Waals surface area contributed by atoms with Crippen LogP contribution in [0.1, 0.15) is 16.8 Å². The number of nitrogens with zero attached hydrogens (tertiary/aromatic N) is 1. The third kappa shape index (κ3) is 3.56. The fourth-order valence-electron chi connectivity index (χ4n) is 1.24. The topological polar surface area (TPSA) is 98.3 Å². The lowest BCUT2D eigenvalue weighted by Gasteiger charge is -2.07. The van der Waals surface area contributed by atoms with Crippen molar-refractivity contribution in [1.29, 1.82) is 0 Å². The summed E-state index contributed by atoms with van der Waals surface area (Å²) in [5.41, 5.74) is 4.98. The van der Waals surface area contributed by atoms with Crippen molar-refractivity contribution in [2.45, 2.75) is 6.42 Å². The average molecular weight is 292 g/mol. The van der Waals surface area contributed by atoms with Crippen LogP contribution in [0.25, 0.3) is 0 Å². The van der Waals surface area contributed by atoms with Crippen molar-refractivity contribution in [3.63, 3.8) is 0 Å². The largest absolute Gasteiger partial charge is 0.352 e. The van der Waals surface area contributed by atoms with Gasteiger partial charge in [0.25, 0.3) is 11.6 Å². The van der Waals surface area contributed by atoms with Crippen LogP contribution in [-0.4, -0.2) is 23.9 Å². The minimum Gasteiger partial charge on any atom is -0.352 e. The molecular weight excluding hydrogens is 281 g/mol. The molecule has 0 spiro atoms. The van der Waals surface area contributed by atoms with Gasteiger partial charge in [-0.25, -0.2) is 0 Å². The molecule has 6 nitrogen and oxygen atoms in total. The third-order valence-electron chi connectivity index (χ3n) is 2.13. The molecule has 0 radical (unpaired) electrons. The molecule has 1 amide bonds. The normalized spacial score (nSPS) is 10.2. The molecule has 0 fully saturated rings. The molecule has 0 aliphatic heterocycles. The number of carbonyl (C=O) groups is 1. The summed E-state index contributed by atoms with van der Waals surface area (Å²) >= 11 is 11.6. The molecule has 1 rings (SSSR count). The average Bonchev–Trinajstić information content (AvgIpc) is 2.32. The molecule has 0 saturated carbocycles. The van der Waals surface area contributed by atoms with E-state index in [1.54, 1.807) is 0 Å². The van der Waals surface area contributed by atoms with Crippen LogP contribution in [0.3, 0.4) is 0 Å². The second kappa shape index (κ2) is 6.53. The Morgan fingerprint density at radius 2 is 2.11 bits per heavy atom. The fourth-order valence-corrected chi connectivity index (χ4v) is 1.65. The van der Waals surface area contributed by atoms with E-state index in [9.17, 15) is 14.9 Å². The molecule has 3 N–H and O–H groups in total. The molecule has 0 saturated heterocycles. The SMILES string of the molecule is NCCCNC(=O)c1cc([N+](=O)[O-])cc(Cl)c1Cl. The Morgan fingerprint density at radius 1 is 1.44 bits per heavy atom. The monoisotopic (exact) mass is 291 g/mol. The number of halogens is 2. The highest BCUT2D eigenvalue weighted by molar-refractivity contribution is 6.44. The van der Waals surface area contributed by atoms with E-state index in [1.165, 1.54) is 0 Å². The minimum atomic E-state index is -0.640. The molecule has 0 atom stereocenters. The first kappa shape index (κ1) is 14.7. The molecule has 0 bridgehead atoms. The first-order valence-corrected chi connectivity index (χ1v) is 5.84. The van der Waals surface area contributed by atoms with Gasteiger partial charge >= 0.3 is 0 Å². The third-order valence-corrected chi connectivity index (χ3v) is 2.94. The maximum atomic E-state index is 11.7. The van der Waals surface area contributed by atoms with Crippen LogP contribution in [0.5, 0.6) is 0 Å². The van der Waals surface area contributed by atoms with Crippen molar-refractivity contribution in [3.8, 4) is 0 Å². The first-order chi connectivity index (χ1) is 8.47. The van der Waals surface area contributed by atoms with Crippen LogP contribution < -0.4 is 11.1 Å². The molecule has 1 aromatic carbocycles. The van der Waals surface area contributed by atoms with E-state index < -0.39 is 10.8 Å². The Labute approximate surface area is 113 Å². The Bertz CT molecular complexity index is 480. The van der Waals surface area contributed by atoms with Crippen LogP contribution in [0.15, 0.2) is 12.1 Å².